The molecule has 1 saturated carbocycles. The van der Waals surface area contributed by atoms with Gasteiger partial charge in [-0.3, -0.25) is 4.68 Å². The maximum Gasteiger partial charge on any atom is 0.0669 e. The van der Waals surface area contributed by atoms with E-state index in [1.54, 1.807) is 0 Å². The Hall–Kier alpha value is -0.830. The molecule has 0 radical (unpaired) electrons. The second-order valence-electron chi connectivity index (χ2n) is 5.27. The van der Waals surface area contributed by atoms with Gasteiger partial charge in [-0.15, -0.1) is 0 Å². The highest BCUT2D eigenvalue weighted by Crippen LogP contribution is 2.23. The van der Waals surface area contributed by atoms with E-state index in [4.69, 9.17) is 5.10 Å². The molecule has 1 N–H and O–H groups in total. The lowest BCUT2D eigenvalue weighted by molar-refractivity contribution is 0.506. The van der Waals surface area contributed by atoms with Gasteiger partial charge in [0.1, 0.15) is 0 Å². The van der Waals surface area contributed by atoms with Crippen LogP contribution in [-0.4, -0.2) is 15.8 Å². The highest BCUT2D eigenvalue weighted by atomic mass is 15.3. The van der Waals surface area contributed by atoms with E-state index >= 15 is 0 Å². The molecule has 1 heterocycles. The molecule has 2 rings (SSSR count). The van der Waals surface area contributed by atoms with Gasteiger partial charge in [0.25, 0.3) is 0 Å². The number of nitrogens with one attached hydrogen (secondary N) is 1. The van der Waals surface area contributed by atoms with Crippen molar-refractivity contribution in [2.75, 3.05) is 0 Å². The Morgan fingerprint density at radius 3 is 2.47 bits per heavy atom. The summed E-state index contributed by atoms with van der Waals surface area (Å²) in [5, 5.41) is 8.40. The standard InChI is InChI=1S/C14H25N3/c1-5-13-12(9-15-11-7-8-11)14(6-2)17(16-13)10(3)4/h10-11,15H,5-9H2,1-4H3. The smallest absolute Gasteiger partial charge is 0.0669 e. The second kappa shape index (κ2) is 5.21. The second-order valence-corrected chi connectivity index (χ2v) is 5.27. The Bertz CT molecular complexity index is 375. The summed E-state index contributed by atoms with van der Waals surface area (Å²) in [5.41, 5.74) is 4.16. The van der Waals surface area contributed by atoms with Crippen LogP contribution in [0.15, 0.2) is 0 Å². The molecular formula is C14H25N3. The molecule has 3 nitrogen and oxygen atoms in total. The maximum absolute atomic E-state index is 4.77. The van der Waals surface area contributed by atoms with Crippen LogP contribution in [0.1, 0.15) is 63.5 Å². The summed E-state index contributed by atoms with van der Waals surface area (Å²) in [6.07, 6.45) is 4.81. The minimum atomic E-state index is 0.463. The normalized spacial score (nSPS) is 15.8. The lowest BCUT2D eigenvalue weighted by atomic mass is 10.1. The number of nitrogens with zero attached hydrogens (tertiary/aromatic N) is 2. The van der Waals surface area contributed by atoms with Crippen molar-refractivity contribution < 1.29 is 0 Å². The number of hydrogen-bond acceptors (Lipinski definition) is 2. The van der Waals surface area contributed by atoms with Gasteiger partial charge in [-0.1, -0.05) is 13.8 Å². The molecule has 1 aliphatic rings. The lowest BCUT2D eigenvalue weighted by Crippen LogP contribution is -2.17. The molecular weight excluding hydrogens is 210 g/mol. The van der Waals surface area contributed by atoms with Crippen molar-refractivity contribution in [3.63, 3.8) is 0 Å². The van der Waals surface area contributed by atoms with E-state index < -0.39 is 0 Å². The van der Waals surface area contributed by atoms with Crippen LogP contribution < -0.4 is 5.32 Å². The summed E-state index contributed by atoms with van der Waals surface area (Å²) in [4.78, 5) is 0. The summed E-state index contributed by atoms with van der Waals surface area (Å²) < 4.78 is 2.21. The molecule has 1 aromatic rings. The third-order valence-electron chi connectivity index (χ3n) is 3.51. The van der Waals surface area contributed by atoms with Gasteiger partial charge in [-0.2, -0.15) is 5.10 Å². The predicted octanol–water partition coefficient (Wildman–Crippen LogP) is 2.84. The van der Waals surface area contributed by atoms with Gasteiger partial charge in [0.2, 0.25) is 0 Å². The van der Waals surface area contributed by atoms with Crippen molar-refractivity contribution in [2.24, 2.45) is 0 Å². The molecule has 0 unspecified atom stereocenters. The molecule has 1 fully saturated rings. The minimum Gasteiger partial charge on any atom is -0.310 e. The van der Waals surface area contributed by atoms with Crippen LogP contribution >= 0.6 is 0 Å². The van der Waals surface area contributed by atoms with E-state index in [9.17, 15) is 0 Å². The van der Waals surface area contributed by atoms with Gasteiger partial charge in [0, 0.05) is 29.9 Å². The van der Waals surface area contributed by atoms with Crippen LogP contribution in [0.2, 0.25) is 0 Å². The number of aryl methyl sites for hydroxylation is 1. The fourth-order valence-electron chi connectivity index (χ4n) is 2.38. The van der Waals surface area contributed by atoms with E-state index in [2.05, 4.69) is 37.7 Å². The van der Waals surface area contributed by atoms with Gasteiger partial charge >= 0.3 is 0 Å². The van der Waals surface area contributed by atoms with Crippen molar-refractivity contribution in [1.29, 1.82) is 0 Å². The van der Waals surface area contributed by atoms with E-state index in [1.807, 2.05) is 0 Å². The van der Waals surface area contributed by atoms with Gasteiger partial charge in [0.05, 0.1) is 5.69 Å². The van der Waals surface area contributed by atoms with Crippen molar-refractivity contribution in [1.82, 2.24) is 15.1 Å². The zero-order valence-corrected chi connectivity index (χ0v) is 11.6. The predicted molar refractivity (Wildman–Crippen MR) is 71.2 cm³/mol. The van der Waals surface area contributed by atoms with Gasteiger partial charge < -0.3 is 5.32 Å². The molecule has 1 aromatic heterocycles. The minimum absolute atomic E-state index is 0.463. The zero-order chi connectivity index (χ0) is 12.4. The molecule has 0 aliphatic heterocycles. The largest absolute Gasteiger partial charge is 0.310 e. The lowest BCUT2D eigenvalue weighted by Gasteiger charge is -2.11. The van der Waals surface area contributed by atoms with E-state index in [0.717, 1.165) is 25.4 Å². The summed E-state index contributed by atoms with van der Waals surface area (Å²) in [7, 11) is 0. The average molecular weight is 235 g/mol. The Labute approximate surface area is 105 Å². The van der Waals surface area contributed by atoms with Crippen LogP contribution in [0, 0.1) is 0 Å². The molecule has 0 saturated heterocycles. The first-order chi connectivity index (χ1) is 8.17. The Morgan fingerprint density at radius 2 is 2.00 bits per heavy atom. The Morgan fingerprint density at radius 1 is 1.29 bits per heavy atom. The SMILES string of the molecule is CCc1nn(C(C)C)c(CC)c1CNC1CC1. The molecule has 3 heteroatoms. The fourth-order valence-corrected chi connectivity index (χ4v) is 2.38. The third-order valence-corrected chi connectivity index (χ3v) is 3.51. The van der Waals surface area contributed by atoms with Crippen molar-refractivity contribution in [3.05, 3.63) is 17.0 Å². The molecule has 0 bridgehead atoms. The monoisotopic (exact) mass is 235 g/mol. The van der Waals surface area contributed by atoms with E-state index in [1.165, 1.54) is 29.8 Å². The molecule has 17 heavy (non-hydrogen) atoms. The van der Waals surface area contributed by atoms with Gasteiger partial charge in [-0.25, -0.2) is 0 Å². The number of hydrogen-bond donors (Lipinski definition) is 1. The molecule has 0 amide bonds. The van der Waals surface area contributed by atoms with E-state index in [-0.39, 0.29) is 0 Å². The Kier molecular flexibility index (Phi) is 3.87. The number of aromatic nitrogens is 2. The van der Waals surface area contributed by atoms with E-state index in [0.29, 0.717) is 6.04 Å². The van der Waals surface area contributed by atoms with Crippen molar-refractivity contribution in [2.45, 2.75) is 72.0 Å². The van der Waals surface area contributed by atoms with Crippen molar-refractivity contribution >= 4 is 0 Å². The van der Waals surface area contributed by atoms with Crippen LogP contribution in [0.3, 0.4) is 0 Å². The first-order valence-corrected chi connectivity index (χ1v) is 6.99. The van der Waals surface area contributed by atoms with Crippen LogP contribution in [0.5, 0.6) is 0 Å². The molecule has 96 valence electrons. The fraction of sp³-hybridized carbons (Fsp3) is 0.786. The topological polar surface area (TPSA) is 29.9 Å². The third kappa shape index (κ3) is 2.71. The number of rotatable bonds is 6. The summed E-state index contributed by atoms with van der Waals surface area (Å²) in [5.74, 6) is 0. The summed E-state index contributed by atoms with van der Waals surface area (Å²) in [6, 6.07) is 1.23. The first-order valence-electron chi connectivity index (χ1n) is 6.99. The maximum atomic E-state index is 4.77. The summed E-state index contributed by atoms with van der Waals surface area (Å²) in [6.45, 7) is 9.86. The average Bonchev–Trinajstić information content (AvgIpc) is 3.06. The van der Waals surface area contributed by atoms with Gasteiger partial charge in [-0.05, 0) is 39.5 Å². The molecule has 0 atom stereocenters. The molecule has 0 spiro atoms. The van der Waals surface area contributed by atoms with Crippen LogP contribution in [0.25, 0.3) is 0 Å². The van der Waals surface area contributed by atoms with Gasteiger partial charge in [0.15, 0.2) is 0 Å². The highest BCUT2D eigenvalue weighted by Gasteiger charge is 2.23. The Balaban J connectivity index is 2.24. The summed E-state index contributed by atoms with van der Waals surface area (Å²) >= 11 is 0. The van der Waals surface area contributed by atoms with Crippen LogP contribution in [0.4, 0.5) is 0 Å². The van der Waals surface area contributed by atoms with Crippen LogP contribution in [-0.2, 0) is 19.4 Å². The van der Waals surface area contributed by atoms with Crippen molar-refractivity contribution in [3.8, 4) is 0 Å². The first kappa shape index (κ1) is 12.6. The quantitative estimate of drug-likeness (QED) is 0.821. The molecule has 0 aromatic carbocycles. The highest BCUT2D eigenvalue weighted by molar-refractivity contribution is 5.27. The molecule has 1 aliphatic carbocycles. The zero-order valence-electron chi connectivity index (χ0n) is 11.6.